The standard InChI is InChI=1S/C25H49FO3Si2/c1-19-20(15-17-27)18-22(28-30(8,9)24(2,3)4)21(14-12-13-16-26)23(19)29-31(10,11)25(5,6)7/h15,21-23,27H,1,12-14,16-18H2,2-11H3/b20-15-/t21-,22+,23+/m0/s1. The molecule has 0 aromatic rings. The Kier molecular flexibility index (Phi) is 9.99. The van der Waals surface area contributed by atoms with E-state index in [4.69, 9.17) is 8.85 Å². The molecule has 0 aromatic carbocycles. The molecule has 3 nitrogen and oxygen atoms in total. The zero-order chi connectivity index (χ0) is 24.3. The van der Waals surface area contributed by atoms with Crippen LogP contribution in [0, 0.1) is 5.92 Å². The van der Waals surface area contributed by atoms with Crippen molar-refractivity contribution in [3.63, 3.8) is 0 Å². The van der Waals surface area contributed by atoms with Crippen LogP contribution in [0.15, 0.2) is 23.8 Å². The molecule has 1 fully saturated rings. The molecule has 1 aliphatic rings. The zero-order valence-corrected chi connectivity index (χ0v) is 23.9. The highest BCUT2D eigenvalue weighted by molar-refractivity contribution is 6.74. The van der Waals surface area contributed by atoms with Crippen molar-refractivity contribution in [2.75, 3.05) is 13.3 Å². The Bertz CT molecular complexity index is 630. The normalized spacial score (nSPS) is 25.4. The summed E-state index contributed by atoms with van der Waals surface area (Å²) in [5.41, 5.74) is 2.02. The van der Waals surface area contributed by atoms with Gasteiger partial charge in [0.1, 0.15) is 0 Å². The summed E-state index contributed by atoms with van der Waals surface area (Å²) in [4.78, 5) is 0. The lowest BCUT2D eigenvalue weighted by molar-refractivity contribution is 0.0248. The number of aliphatic hydroxyl groups is 1. The lowest BCUT2D eigenvalue weighted by Crippen LogP contribution is -2.53. The summed E-state index contributed by atoms with van der Waals surface area (Å²) in [7, 11) is -4.09. The van der Waals surface area contributed by atoms with Gasteiger partial charge in [0.05, 0.1) is 25.5 Å². The van der Waals surface area contributed by atoms with E-state index in [-0.39, 0.29) is 41.5 Å². The third-order valence-electron chi connectivity index (χ3n) is 7.78. The molecule has 0 aromatic heterocycles. The molecule has 1 aliphatic carbocycles. The topological polar surface area (TPSA) is 38.7 Å². The van der Waals surface area contributed by atoms with Gasteiger partial charge in [-0.25, -0.2) is 0 Å². The Labute approximate surface area is 193 Å². The number of aliphatic hydroxyl groups excluding tert-OH is 1. The monoisotopic (exact) mass is 472 g/mol. The van der Waals surface area contributed by atoms with Gasteiger partial charge in [-0.3, -0.25) is 4.39 Å². The van der Waals surface area contributed by atoms with Crippen molar-refractivity contribution in [3.8, 4) is 0 Å². The van der Waals surface area contributed by atoms with Gasteiger partial charge in [0.15, 0.2) is 16.6 Å². The number of rotatable bonds is 9. The average Bonchev–Trinajstić information content (AvgIpc) is 2.59. The van der Waals surface area contributed by atoms with Crippen LogP contribution >= 0.6 is 0 Å². The maximum absolute atomic E-state index is 12.9. The highest BCUT2D eigenvalue weighted by atomic mass is 28.4. The molecule has 0 heterocycles. The lowest BCUT2D eigenvalue weighted by atomic mass is 9.76. The SMILES string of the molecule is C=C1/C(=C\CO)C[C@@H](O[Si](C)(C)C(C)(C)C)[C@H](CCCCF)[C@@H]1O[Si](C)(C)C(C)(C)C. The van der Waals surface area contributed by atoms with Crippen LogP contribution in [0.1, 0.15) is 67.2 Å². The van der Waals surface area contributed by atoms with Crippen molar-refractivity contribution in [1.82, 2.24) is 0 Å². The molecule has 0 bridgehead atoms. The Morgan fingerprint density at radius 1 is 1.00 bits per heavy atom. The molecule has 0 amide bonds. The Balaban J connectivity index is 3.41. The first-order valence-corrected chi connectivity index (χ1v) is 17.7. The molecule has 3 atom stereocenters. The minimum Gasteiger partial charge on any atom is -0.413 e. The Morgan fingerprint density at radius 3 is 1.97 bits per heavy atom. The zero-order valence-electron chi connectivity index (χ0n) is 21.9. The van der Waals surface area contributed by atoms with Gasteiger partial charge < -0.3 is 14.0 Å². The molecule has 0 saturated heterocycles. The molecular weight excluding hydrogens is 423 g/mol. The van der Waals surface area contributed by atoms with Crippen molar-refractivity contribution < 1.29 is 18.3 Å². The van der Waals surface area contributed by atoms with Crippen LogP contribution in [0.5, 0.6) is 0 Å². The van der Waals surface area contributed by atoms with Gasteiger partial charge in [0.2, 0.25) is 0 Å². The summed E-state index contributed by atoms with van der Waals surface area (Å²) in [6.07, 6.45) is 4.71. The van der Waals surface area contributed by atoms with Gasteiger partial charge in [-0.05, 0) is 66.7 Å². The first kappa shape index (κ1) is 28.8. The molecule has 0 aliphatic heterocycles. The van der Waals surface area contributed by atoms with E-state index in [0.29, 0.717) is 6.42 Å². The molecule has 0 unspecified atom stereocenters. The predicted octanol–water partition coefficient (Wildman–Crippen LogP) is 7.40. The van der Waals surface area contributed by atoms with E-state index in [2.05, 4.69) is 74.3 Å². The van der Waals surface area contributed by atoms with Crippen molar-refractivity contribution in [3.05, 3.63) is 23.8 Å². The Hall–Kier alpha value is -0.276. The molecular formula is C25H49FO3Si2. The largest absolute Gasteiger partial charge is 0.413 e. The van der Waals surface area contributed by atoms with Crippen LogP contribution in [0.2, 0.25) is 36.3 Å². The van der Waals surface area contributed by atoms with Gasteiger partial charge in [0, 0.05) is 5.92 Å². The number of alkyl halides is 1. The van der Waals surface area contributed by atoms with Crippen molar-refractivity contribution in [2.45, 2.75) is 116 Å². The summed E-state index contributed by atoms with van der Waals surface area (Å²) >= 11 is 0. The van der Waals surface area contributed by atoms with E-state index < -0.39 is 16.6 Å². The van der Waals surface area contributed by atoms with Gasteiger partial charge in [-0.2, -0.15) is 0 Å². The van der Waals surface area contributed by atoms with E-state index in [9.17, 15) is 9.50 Å². The third kappa shape index (κ3) is 7.36. The van der Waals surface area contributed by atoms with Crippen LogP contribution in [0.3, 0.4) is 0 Å². The second kappa shape index (κ2) is 10.8. The van der Waals surface area contributed by atoms with Gasteiger partial charge in [-0.1, -0.05) is 60.6 Å². The van der Waals surface area contributed by atoms with Gasteiger partial charge >= 0.3 is 0 Å². The molecule has 31 heavy (non-hydrogen) atoms. The molecule has 1 rings (SSSR count). The third-order valence-corrected chi connectivity index (χ3v) is 16.7. The van der Waals surface area contributed by atoms with Crippen molar-refractivity contribution >= 4 is 16.6 Å². The van der Waals surface area contributed by atoms with E-state index in [1.54, 1.807) is 0 Å². The van der Waals surface area contributed by atoms with Crippen LogP contribution < -0.4 is 0 Å². The first-order valence-electron chi connectivity index (χ1n) is 11.9. The number of unbranched alkanes of at least 4 members (excludes halogenated alkanes) is 1. The average molecular weight is 473 g/mol. The van der Waals surface area contributed by atoms with Crippen LogP contribution in [0.25, 0.3) is 0 Å². The maximum atomic E-state index is 12.9. The highest BCUT2D eigenvalue weighted by Gasteiger charge is 2.48. The second-order valence-corrected chi connectivity index (χ2v) is 21.7. The number of halogens is 1. The van der Waals surface area contributed by atoms with E-state index in [1.807, 2.05) is 6.08 Å². The molecule has 1 N–H and O–H groups in total. The van der Waals surface area contributed by atoms with Gasteiger partial charge in [-0.15, -0.1) is 0 Å². The lowest BCUT2D eigenvalue weighted by Gasteiger charge is -2.49. The summed E-state index contributed by atoms with van der Waals surface area (Å²) in [5, 5.41) is 9.82. The molecule has 0 radical (unpaired) electrons. The molecule has 6 heteroatoms. The fraction of sp³-hybridized carbons (Fsp3) is 0.840. The van der Waals surface area contributed by atoms with Crippen LogP contribution in [-0.4, -0.2) is 47.2 Å². The van der Waals surface area contributed by atoms with E-state index in [0.717, 1.165) is 30.4 Å². The van der Waals surface area contributed by atoms with Crippen LogP contribution in [-0.2, 0) is 8.85 Å². The summed E-state index contributed by atoms with van der Waals surface area (Å²) < 4.78 is 26.9. The molecule has 182 valence electrons. The Morgan fingerprint density at radius 2 is 1.52 bits per heavy atom. The molecule has 0 spiro atoms. The minimum absolute atomic E-state index is 0.00132. The fourth-order valence-corrected chi connectivity index (χ4v) is 6.28. The highest BCUT2D eigenvalue weighted by Crippen LogP contribution is 2.47. The number of hydrogen-bond donors (Lipinski definition) is 1. The van der Waals surface area contributed by atoms with Crippen molar-refractivity contribution in [1.29, 1.82) is 0 Å². The first-order chi connectivity index (χ1) is 14.0. The number of hydrogen-bond acceptors (Lipinski definition) is 3. The quantitative estimate of drug-likeness (QED) is 0.280. The predicted molar refractivity (Wildman–Crippen MR) is 136 cm³/mol. The maximum Gasteiger partial charge on any atom is 0.192 e. The summed E-state index contributed by atoms with van der Waals surface area (Å²) in [6.45, 7) is 26.7. The van der Waals surface area contributed by atoms with E-state index in [1.165, 1.54) is 0 Å². The van der Waals surface area contributed by atoms with E-state index >= 15 is 0 Å². The van der Waals surface area contributed by atoms with Gasteiger partial charge in [0.25, 0.3) is 0 Å². The minimum atomic E-state index is -2.07. The molecule has 1 saturated carbocycles. The summed E-state index contributed by atoms with van der Waals surface area (Å²) in [5.74, 6) is 0.151. The fourth-order valence-electron chi connectivity index (χ4n) is 3.61. The van der Waals surface area contributed by atoms with Crippen molar-refractivity contribution in [2.24, 2.45) is 5.92 Å². The summed E-state index contributed by atoms with van der Waals surface area (Å²) in [6, 6.07) is 0. The van der Waals surface area contributed by atoms with Crippen LogP contribution in [0.4, 0.5) is 4.39 Å². The smallest absolute Gasteiger partial charge is 0.192 e. The second-order valence-electron chi connectivity index (χ2n) is 12.2.